The van der Waals surface area contributed by atoms with Crippen molar-refractivity contribution in [1.82, 2.24) is 8.61 Å². The Morgan fingerprint density at radius 1 is 1.53 bits per heavy atom. The van der Waals surface area contributed by atoms with Crippen molar-refractivity contribution < 1.29 is 13.2 Å². The predicted molar refractivity (Wildman–Crippen MR) is 57.6 cm³/mol. The molecule has 0 aromatic rings. The molecule has 0 aromatic heterocycles. The maximum Gasteiger partial charge on any atom is 0.281 e. The zero-order valence-corrected chi connectivity index (χ0v) is 10.0. The van der Waals surface area contributed by atoms with Gasteiger partial charge >= 0.3 is 0 Å². The molecule has 1 rings (SSSR count). The van der Waals surface area contributed by atoms with Crippen LogP contribution in [0.5, 0.6) is 0 Å². The molecular formula is C8H19N3O3S. The molecule has 1 aliphatic heterocycles. The van der Waals surface area contributed by atoms with E-state index < -0.39 is 10.2 Å². The predicted octanol–water partition coefficient (Wildman–Crippen LogP) is -1.16. The molecule has 90 valence electrons. The third-order valence-corrected chi connectivity index (χ3v) is 4.43. The molecule has 2 N–H and O–H groups in total. The maximum atomic E-state index is 11.9. The van der Waals surface area contributed by atoms with Gasteiger partial charge in [0.1, 0.15) is 0 Å². The Balaban J connectivity index is 2.80. The molecule has 0 aliphatic carbocycles. The number of hydrogen-bond donors (Lipinski definition) is 1. The molecule has 1 atom stereocenters. The zero-order valence-electron chi connectivity index (χ0n) is 9.22. The van der Waals surface area contributed by atoms with Gasteiger partial charge in [0.25, 0.3) is 10.2 Å². The van der Waals surface area contributed by atoms with Crippen LogP contribution in [0.3, 0.4) is 0 Å². The van der Waals surface area contributed by atoms with Gasteiger partial charge in [-0.2, -0.15) is 17.0 Å². The SMILES string of the molecule is CN(C)S(=O)(=O)N1CCOCC1CCN. The van der Waals surface area contributed by atoms with Crippen LogP contribution in [0.1, 0.15) is 6.42 Å². The summed E-state index contributed by atoms with van der Waals surface area (Å²) in [5, 5.41) is 0. The minimum Gasteiger partial charge on any atom is -0.378 e. The molecule has 1 unspecified atom stereocenters. The number of rotatable bonds is 4. The zero-order chi connectivity index (χ0) is 11.5. The Labute approximate surface area is 91.2 Å². The third kappa shape index (κ3) is 2.88. The van der Waals surface area contributed by atoms with Crippen LogP contribution >= 0.6 is 0 Å². The quantitative estimate of drug-likeness (QED) is 0.669. The average Bonchev–Trinajstić information content (AvgIpc) is 2.18. The molecule has 0 saturated carbocycles. The van der Waals surface area contributed by atoms with E-state index in [4.69, 9.17) is 10.5 Å². The second-order valence-electron chi connectivity index (χ2n) is 3.71. The monoisotopic (exact) mass is 237 g/mol. The number of morpholine rings is 1. The normalized spacial score (nSPS) is 24.7. The lowest BCUT2D eigenvalue weighted by atomic mass is 10.2. The number of nitrogens with zero attached hydrogens (tertiary/aromatic N) is 2. The summed E-state index contributed by atoms with van der Waals surface area (Å²) in [6.07, 6.45) is 0.632. The van der Waals surface area contributed by atoms with Crippen molar-refractivity contribution in [1.29, 1.82) is 0 Å². The lowest BCUT2D eigenvalue weighted by Gasteiger charge is -2.35. The summed E-state index contributed by atoms with van der Waals surface area (Å²) in [7, 11) is -0.276. The minimum absolute atomic E-state index is 0.129. The van der Waals surface area contributed by atoms with E-state index in [1.54, 1.807) is 0 Å². The molecule has 0 bridgehead atoms. The van der Waals surface area contributed by atoms with Gasteiger partial charge in [0.2, 0.25) is 0 Å². The van der Waals surface area contributed by atoms with Crippen LogP contribution in [-0.2, 0) is 14.9 Å². The van der Waals surface area contributed by atoms with Gasteiger partial charge in [0.05, 0.1) is 19.3 Å². The largest absolute Gasteiger partial charge is 0.378 e. The molecule has 1 saturated heterocycles. The highest BCUT2D eigenvalue weighted by atomic mass is 32.2. The second-order valence-corrected chi connectivity index (χ2v) is 5.80. The highest BCUT2D eigenvalue weighted by molar-refractivity contribution is 7.86. The molecule has 1 heterocycles. The van der Waals surface area contributed by atoms with Gasteiger partial charge < -0.3 is 10.5 Å². The van der Waals surface area contributed by atoms with E-state index in [9.17, 15) is 8.42 Å². The van der Waals surface area contributed by atoms with E-state index in [1.807, 2.05) is 0 Å². The highest BCUT2D eigenvalue weighted by Crippen LogP contribution is 2.16. The van der Waals surface area contributed by atoms with Crippen molar-refractivity contribution in [2.24, 2.45) is 5.73 Å². The summed E-state index contributed by atoms with van der Waals surface area (Å²) in [5.41, 5.74) is 5.45. The number of hydrogen-bond acceptors (Lipinski definition) is 4. The minimum atomic E-state index is -3.34. The smallest absolute Gasteiger partial charge is 0.281 e. The van der Waals surface area contributed by atoms with Gasteiger partial charge in [-0.15, -0.1) is 0 Å². The van der Waals surface area contributed by atoms with E-state index in [1.165, 1.54) is 22.7 Å². The fourth-order valence-electron chi connectivity index (χ4n) is 1.57. The highest BCUT2D eigenvalue weighted by Gasteiger charge is 2.33. The Morgan fingerprint density at radius 3 is 2.73 bits per heavy atom. The van der Waals surface area contributed by atoms with Crippen molar-refractivity contribution in [3.63, 3.8) is 0 Å². The molecule has 1 aliphatic rings. The van der Waals surface area contributed by atoms with Gasteiger partial charge in [0, 0.05) is 20.6 Å². The van der Waals surface area contributed by atoms with Gasteiger partial charge in [-0.1, -0.05) is 0 Å². The first-order valence-corrected chi connectivity index (χ1v) is 6.37. The Bertz CT molecular complexity index is 290. The third-order valence-electron chi connectivity index (χ3n) is 2.43. The molecule has 0 radical (unpaired) electrons. The number of nitrogens with two attached hydrogens (primary N) is 1. The summed E-state index contributed by atoms with van der Waals surface area (Å²) in [4.78, 5) is 0. The summed E-state index contributed by atoms with van der Waals surface area (Å²) >= 11 is 0. The van der Waals surface area contributed by atoms with Crippen molar-refractivity contribution in [2.75, 3.05) is 40.4 Å². The van der Waals surface area contributed by atoms with Gasteiger partial charge in [0.15, 0.2) is 0 Å². The molecule has 0 spiro atoms. The molecule has 6 nitrogen and oxygen atoms in total. The van der Waals surface area contributed by atoms with Crippen LogP contribution in [0.25, 0.3) is 0 Å². The van der Waals surface area contributed by atoms with E-state index in [0.717, 1.165) is 0 Å². The first-order valence-electron chi connectivity index (χ1n) is 4.97. The summed E-state index contributed by atoms with van der Waals surface area (Å²) < 4.78 is 31.8. The molecule has 0 amide bonds. The average molecular weight is 237 g/mol. The lowest BCUT2D eigenvalue weighted by Crippen LogP contribution is -2.52. The summed E-state index contributed by atoms with van der Waals surface area (Å²) in [5.74, 6) is 0. The lowest BCUT2D eigenvalue weighted by molar-refractivity contribution is 0.0284. The molecule has 7 heteroatoms. The summed E-state index contributed by atoms with van der Waals surface area (Å²) in [6.45, 7) is 1.76. The fourth-order valence-corrected chi connectivity index (χ4v) is 2.84. The van der Waals surface area contributed by atoms with Crippen molar-refractivity contribution in [2.45, 2.75) is 12.5 Å². The summed E-state index contributed by atoms with van der Waals surface area (Å²) in [6, 6.07) is -0.129. The Morgan fingerprint density at radius 2 is 2.20 bits per heavy atom. The first-order chi connectivity index (χ1) is 7.00. The van der Waals surface area contributed by atoms with Gasteiger partial charge in [-0.25, -0.2) is 0 Å². The van der Waals surface area contributed by atoms with E-state index >= 15 is 0 Å². The van der Waals surface area contributed by atoms with E-state index in [2.05, 4.69) is 0 Å². The topological polar surface area (TPSA) is 75.9 Å². The van der Waals surface area contributed by atoms with Gasteiger partial charge in [-0.05, 0) is 13.0 Å². The van der Waals surface area contributed by atoms with Crippen LogP contribution in [0.2, 0.25) is 0 Å². The van der Waals surface area contributed by atoms with Crippen LogP contribution in [0.4, 0.5) is 0 Å². The Hall–Kier alpha value is -0.210. The first kappa shape index (κ1) is 12.9. The standard InChI is InChI=1S/C8H19N3O3S/c1-10(2)15(12,13)11-5-6-14-7-8(11)3-4-9/h8H,3-7,9H2,1-2H3. The van der Waals surface area contributed by atoms with Crippen molar-refractivity contribution >= 4 is 10.2 Å². The molecule has 0 aromatic carbocycles. The van der Waals surface area contributed by atoms with Crippen LogP contribution in [0, 0.1) is 0 Å². The molecule has 15 heavy (non-hydrogen) atoms. The van der Waals surface area contributed by atoms with E-state index in [0.29, 0.717) is 32.7 Å². The van der Waals surface area contributed by atoms with Crippen LogP contribution in [-0.4, -0.2) is 63.5 Å². The Kier molecular flexibility index (Phi) is 4.47. The van der Waals surface area contributed by atoms with Crippen LogP contribution < -0.4 is 5.73 Å². The van der Waals surface area contributed by atoms with E-state index in [-0.39, 0.29) is 6.04 Å². The fraction of sp³-hybridized carbons (Fsp3) is 1.00. The molecular weight excluding hydrogens is 218 g/mol. The second kappa shape index (κ2) is 5.22. The molecule has 1 fully saturated rings. The van der Waals surface area contributed by atoms with Crippen LogP contribution in [0.15, 0.2) is 0 Å². The number of ether oxygens (including phenoxy) is 1. The van der Waals surface area contributed by atoms with Crippen molar-refractivity contribution in [3.8, 4) is 0 Å². The van der Waals surface area contributed by atoms with Gasteiger partial charge in [-0.3, -0.25) is 0 Å². The van der Waals surface area contributed by atoms with Crippen molar-refractivity contribution in [3.05, 3.63) is 0 Å². The maximum absolute atomic E-state index is 11.9.